The molecule has 2 rings (SSSR count). The number of nitrogens with zero attached hydrogens (tertiary/aromatic N) is 2. The first-order valence-corrected chi connectivity index (χ1v) is 9.67. The van der Waals surface area contributed by atoms with Crippen molar-refractivity contribution >= 4 is 5.96 Å². The van der Waals surface area contributed by atoms with Gasteiger partial charge in [-0.2, -0.15) is 0 Å². The van der Waals surface area contributed by atoms with Gasteiger partial charge >= 0.3 is 0 Å². The van der Waals surface area contributed by atoms with Crippen LogP contribution in [-0.2, 0) is 11.3 Å². The molecule has 1 heterocycles. The fourth-order valence-corrected chi connectivity index (χ4v) is 3.00. The van der Waals surface area contributed by atoms with E-state index in [1.54, 1.807) is 14.2 Å². The van der Waals surface area contributed by atoms with E-state index >= 15 is 0 Å². The summed E-state index contributed by atoms with van der Waals surface area (Å²) in [5.74, 6) is 1.64. The van der Waals surface area contributed by atoms with Gasteiger partial charge in [-0.05, 0) is 32.8 Å². The van der Waals surface area contributed by atoms with Gasteiger partial charge in [0.05, 0.1) is 25.5 Å². The van der Waals surface area contributed by atoms with Crippen molar-refractivity contribution in [3.8, 4) is 5.75 Å². The Morgan fingerprint density at radius 3 is 2.61 bits per heavy atom. The Bertz CT molecular complexity index is 763. The summed E-state index contributed by atoms with van der Waals surface area (Å²) in [6, 6.07) is 10.3. The van der Waals surface area contributed by atoms with Crippen LogP contribution in [0.3, 0.4) is 0 Å². The number of ether oxygens (including phenoxy) is 2. The maximum Gasteiger partial charge on any atom is 0.191 e. The summed E-state index contributed by atoms with van der Waals surface area (Å²) >= 11 is 0. The molecule has 152 valence electrons. The van der Waals surface area contributed by atoms with Crippen LogP contribution in [-0.4, -0.2) is 38.3 Å². The average Bonchev–Trinajstić information content (AvgIpc) is 2.72. The highest BCUT2D eigenvalue weighted by atomic mass is 16.5. The number of pyridine rings is 1. The molecular weight excluding hydrogens is 352 g/mol. The molecular formula is C22H32N4O2. The van der Waals surface area contributed by atoms with E-state index in [0.717, 1.165) is 41.5 Å². The standard InChI is InChI=1S/C22H32N4O2/c1-16-14-25-20(17(2)21(16)27-5)15-26-22(23-4)24-12-9-13-28-18(3)19-10-7-6-8-11-19/h6-8,10-11,14,18H,9,12-13,15H2,1-5H3,(H2,23,24,26). The summed E-state index contributed by atoms with van der Waals surface area (Å²) < 4.78 is 11.4. The molecule has 0 aliphatic heterocycles. The number of rotatable bonds is 9. The van der Waals surface area contributed by atoms with Crippen molar-refractivity contribution in [2.45, 2.75) is 39.8 Å². The molecule has 2 N–H and O–H groups in total. The third-order valence-electron chi connectivity index (χ3n) is 4.65. The quantitative estimate of drug-likeness (QED) is 0.393. The normalized spacial score (nSPS) is 12.5. The smallest absolute Gasteiger partial charge is 0.191 e. The monoisotopic (exact) mass is 384 g/mol. The molecule has 1 unspecified atom stereocenters. The number of benzene rings is 1. The molecule has 0 aliphatic carbocycles. The number of hydrogen-bond donors (Lipinski definition) is 2. The zero-order valence-electron chi connectivity index (χ0n) is 17.6. The predicted molar refractivity (Wildman–Crippen MR) is 114 cm³/mol. The summed E-state index contributed by atoms with van der Waals surface area (Å²) in [4.78, 5) is 8.77. The zero-order valence-corrected chi connectivity index (χ0v) is 17.6. The number of methoxy groups -OCH3 is 1. The summed E-state index contributed by atoms with van der Waals surface area (Å²) in [7, 11) is 3.45. The second-order valence-electron chi connectivity index (χ2n) is 6.68. The van der Waals surface area contributed by atoms with Crippen LogP contribution in [0.2, 0.25) is 0 Å². The van der Waals surface area contributed by atoms with Crippen molar-refractivity contribution in [1.82, 2.24) is 15.6 Å². The number of hydrogen-bond acceptors (Lipinski definition) is 4. The minimum Gasteiger partial charge on any atom is -0.496 e. The van der Waals surface area contributed by atoms with Crippen LogP contribution in [0, 0.1) is 13.8 Å². The van der Waals surface area contributed by atoms with E-state index in [9.17, 15) is 0 Å². The highest BCUT2D eigenvalue weighted by Gasteiger charge is 2.10. The van der Waals surface area contributed by atoms with Crippen molar-refractivity contribution < 1.29 is 9.47 Å². The molecule has 0 radical (unpaired) electrons. The number of aryl methyl sites for hydroxylation is 1. The van der Waals surface area contributed by atoms with Crippen molar-refractivity contribution in [2.75, 3.05) is 27.3 Å². The maximum absolute atomic E-state index is 5.90. The molecule has 0 bridgehead atoms. The fourth-order valence-electron chi connectivity index (χ4n) is 3.00. The van der Waals surface area contributed by atoms with E-state index < -0.39 is 0 Å². The van der Waals surface area contributed by atoms with E-state index in [4.69, 9.17) is 9.47 Å². The van der Waals surface area contributed by atoms with Crippen LogP contribution in [0.4, 0.5) is 0 Å². The summed E-state index contributed by atoms with van der Waals surface area (Å²) in [5.41, 5.74) is 4.24. The van der Waals surface area contributed by atoms with Gasteiger partial charge in [-0.3, -0.25) is 9.98 Å². The molecule has 6 nitrogen and oxygen atoms in total. The van der Waals surface area contributed by atoms with Gasteiger partial charge in [0.2, 0.25) is 0 Å². The van der Waals surface area contributed by atoms with Crippen LogP contribution in [0.5, 0.6) is 5.75 Å². The lowest BCUT2D eigenvalue weighted by Gasteiger charge is -2.16. The largest absolute Gasteiger partial charge is 0.496 e. The molecule has 0 spiro atoms. The van der Waals surface area contributed by atoms with Crippen LogP contribution < -0.4 is 15.4 Å². The first-order valence-electron chi connectivity index (χ1n) is 9.67. The summed E-state index contributed by atoms with van der Waals surface area (Å²) in [6.07, 6.45) is 2.84. The maximum atomic E-state index is 5.90. The molecule has 1 aromatic heterocycles. The van der Waals surface area contributed by atoms with Gasteiger partial charge in [0.1, 0.15) is 5.75 Å². The van der Waals surface area contributed by atoms with Crippen molar-refractivity contribution in [3.63, 3.8) is 0 Å². The van der Waals surface area contributed by atoms with Gasteiger partial charge in [0.25, 0.3) is 0 Å². The topological polar surface area (TPSA) is 67.8 Å². The summed E-state index contributed by atoms with van der Waals surface area (Å²) in [6.45, 7) is 8.16. The number of nitrogens with one attached hydrogen (secondary N) is 2. The Morgan fingerprint density at radius 1 is 1.18 bits per heavy atom. The van der Waals surface area contributed by atoms with E-state index in [1.165, 1.54) is 5.56 Å². The third kappa shape index (κ3) is 6.23. The minimum atomic E-state index is 0.101. The van der Waals surface area contributed by atoms with Crippen molar-refractivity contribution in [3.05, 3.63) is 58.9 Å². The van der Waals surface area contributed by atoms with E-state index in [1.807, 2.05) is 38.2 Å². The van der Waals surface area contributed by atoms with Crippen LogP contribution in [0.25, 0.3) is 0 Å². The summed E-state index contributed by atoms with van der Waals surface area (Å²) in [5, 5.41) is 6.62. The molecule has 2 aromatic rings. The van der Waals surface area contributed by atoms with Gasteiger partial charge in [-0.1, -0.05) is 30.3 Å². The van der Waals surface area contributed by atoms with Gasteiger partial charge < -0.3 is 20.1 Å². The lowest BCUT2D eigenvalue weighted by molar-refractivity contribution is 0.0646. The van der Waals surface area contributed by atoms with Crippen molar-refractivity contribution in [1.29, 1.82) is 0 Å². The van der Waals surface area contributed by atoms with E-state index in [-0.39, 0.29) is 6.10 Å². The van der Waals surface area contributed by atoms with E-state index in [0.29, 0.717) is 13.2 Å². The molecule has 0 saturated carbocycles. The molecule has 6 heteroatoms. The van der Waals surface area contributed by atoms with Crippen LogP contribution >= 0.6 is 0 Å². The second kappa shape index (κ2) is 11.3. The lowest BCUT2D eigenvalue weighted by atomic mass is 10.1. The van der Waals surface area contributed by atoms with Crippen LogP contribution in [0.1, 0.15) is 41.8 Å². The van der Waals surface area contributed by atoms with Crippen LogP contribution in [0.15, 0.2) is 41.5 Å². The van der Waals surface area contributed by atoms with Gasteiger partial charge in [0.15, 0.2) is 5.96 Å². The molecule has 28 heavy (non-hydrogen) atoms. The highest BCUT2D eigenvalue weighted by molar-refractivity contribution is 5.79. The Morgan fingerprint density at radius 2 is 1.93 bits per heavy atom. The second-order valence-corrected chi connectivity index (χ2v) is 6.68. The zero-order chi connectivity index (χ0) is 20.4. The first kappa shape index (κ1) is 21.7. The number of aliphatic imine (C=N–C) groups is 1. The van der Waals surface area contributed by atoms with Gasteiger partial charge in [-0.25, -0.2) is 0 Å². The molecule has 0 fully saturated rings. The van der Waals surface area contributed by atoms with Crippen molar-refractivity contribution in [2.24, 2.45) is 4.99 Å². The van der Waals surface area contributed by atoms with Gasteiger partial charge in [0, 0.05) is 37.5 Å². The van der Waals surface area contributed by atoms with Gasteiger partial charge in [-0.15, -0.1) is 0 Å². The lowest BCUT2D eigenvalue weighted by Crippen LogP contribution is -2.38. The first-order chi connectivity index (χ1) is 13.6. The molecule has 1 atom stereocenters. The highest BCUT2D eigenvalue weighted by Crippen LogP contribution is 2.23. The Balaban J connectivity index is 1.72. The number of guanidine groups is 1. The number of aromatic nitrogens is 1. The fraction of sp³-hybridized carbons (Fsp3) is 0.455. The minimum absolute atomic E-state index is 0.101. The third-order valence-corrected chi connectivity index (χ3v) is 4.65. The van der Waals surface area contributed by atoms with E-state index in [2.05, 4.69) is 39.7 Å². The predicted octanol–water partition coefficient (Wildman–Crippen LogP) is 3.54. The Hall–Kier alpha value is -2.60. The Kier molecular flexibility index (Phi) is 8.75. The SMILES string of the molecule is CN=C(NCCCOC(C)c1ccccc1)NCc1ncc(C)c(OC)c1C. The average molecular weight is 385 g/mol. The molecule has 0 amide bonds. The Labute approximate surface area is 168 Å². The molecule has 0 aliphatic rings. The molecule has 0 saturated heterocycles. The molecule has 1 aromatic carbocycles.